The van der Waals surface area contributed by atoms with E-state index in [1.165, 1.54) is 0 Å². The van der Waals surface area contributed by atoms with E-state index in [4.69, 9.17) is 5.11 Å². The Morgan fingerprint density at radius 1 is 1.50 bits per heavy atom. The first-order chi connectivity index (χ1) is 7.52. The monoisotopic (exact) mass is 282 g/mol. The van der Waals surface area contributed by atoms with Gasteiger partial charge in [-0.2, -0.15) is 5.10 Å². The number of benzene rings is 1. The van der Waals surface area contributed by atoms with Crippen molar-refractivity contribution < 1.29 is 9.90 Å². The van der Waals surface area contributed by atoms with Gasteiger partial charge in [0, 0.05) is 11.4 Å². The third-order valence-corrected chi connectivity index (χ3v) is 3.14. The molecular formula is C11H11BrN2O2. The van der Waals surface area contributed by atoms with Gasteiger partial charge >= 0.3 is 5.97 Å². The Bertz CT molecular complexity index is 560. The molecule has 84 valence electrons. The highest BCUT2D eigenvalue weighted by molar-refractivity contribution is 9.10. The largest absolute Gasteiger partial charge is 0.478 e. The van der Waals surface area contributed by atoms with Crippen LogP contribution in [0.4, 0.5) is 0 Å². The summed E-state index contributed by atoms with van der Waals surface area (Å²) in [6.45, 7) is 3.99. The molecule has 2 rings (SSSR count). The van der Waals surface area contributed by atoms with Crippen LogP contribution in [0, 0.1) is 0 Å². The third-order valence-electron chi connectivity index (χ3n) is 2.38. The first-order valence-corrected chi connectivity index (χ1v) is 5.71. The number of hydrogen-bond donors (Lipinski definition) is 1. The first kappa shape index (κ1) is 11.1. The summed E-state index contributed by atoms with van der Waals surface area (Å²) in [6.07, 6.45) is 0. The van der Waals surface area contributed by atoms with Crippen molar-refractivity contribution in [1.82, 2.24) is 9.78 Å². The average molecular weight is 283 g/mol. The number of halogens is 1. The summed E-state index contributed by atoms with van der Waals surface area (Å²) in [5.74, 6) is -0.936. The SMILES string of the molecule is CC(C)n1nc2cccc(C(=O)O)c2c1Br. The lowest BCUT2D eigenvalue weighted by Gasteiger charge is -2.06. The molecule has 0 saturated carbocycles. The van der Waals surface area contributed by atoms with Crippen LogP contribution < -0.4 is 0 Å². The van der Waals surface area contributed by atoms with Crippen LogP contribution >= 0.6 is 15.9 Å². The third kappa shape index (κ3) is 1.61. The van der Waals surface area contributed by atoms with Crippen LogP contribution in [0.1, 0.15) is 30.2 Å². The molecule has 0 atom stereocenters. The first-order valence-electron chi connectivity index (χ1n) is 4.92. The van der Waals surface area contributed by atoms with Crippen molar-refractivity contribution in [3.05, 3.63) is 28.4 Å². The van der Waals surface area contributed by atoms with Crippen LogP contribution in [0.5, 0.6) is 0 Å². The molecule has 0 aliphatic heterocycles. The molecule has 1 aromatic heterocycles. The summed E-state index contributed by atoms with van der Waals surface area (Å²) in [6, 6.07) is 5.28. The minimum absolute atomic E-state index is 0.184. The van der Waals surface area contributed by atoms with E-state index in [1.54, 1.807) is 16.8 Å². The fourth-order valence-corrected chi connectivity index (χ4v) is 2.54. The second-order valence-electron chi connectivity index (χ2n) is 3.83. The molecule has 4 nitrogen and oxygen atoms in total. The van der Waals surface area contributed by atoms with Crippen LogP contribution in [-0.4, -0.2) is 20.9 Å². The number of carbonyl (C=O) groups is 1. The van der Waals surface area contributed by atoms with Gasteiger partial charge in [0.2, 0.25) is 0 Å². The van der Waals surface area contributed by atoms with Crippen LogP contribution in [-0.2, 0) is 0 Å². The molecule has 0 saturated heterocycles. The highest BCUT2D eigenvalue weighted by Crippen LogP contribution is 2.29. The summed E-state index contributed by atoms with van der Waals surface area (Å²) in [4.78, 5) is 11.1. The zero-order valence-electron chi connectivity index (χ0n) is 8.94. The molecule has 0 aliphatic carbocycles. The van der Waals surface area contributed by atoms with Gasteiger partial charge in [0.1, 0.15) is 4.60 Å². The van der Waals surface area contributed by atoms with Crippen LogP contribution in [0.2, 0.25) is 0 Å². The number of carboxylic acid groups (broad SMARTS) is 1. The van der Waals surface area contributed by atoms with E-state index in [9.17, 15) is 4.79 Å². The summed E-state index contributed by atoms with van der Waals surface area (Å²) >= 11 is 3.41. The predicted octanol–water partition coefficient (Wildman–Crippen LogP) is 3.08. The number of carboxylic acids is 1. The normalized spacial score (nSPS) is 11.2. The topological polar surface area (TPSA) is 55.1 Å². The minimum Gasteiger partial charge on any atom is -0.478 e. The summed E-state index contributed by atoms with van der Waals surface area (Å²) in [7, 11) is 0. The van der Waals surface area contributed by atoms with Gasteiger partial charge in [-0.1, -0.05) is 6.07 Å². The maximum Gasteiger partial charge on any atom is 0.336 e. The summed E-state index contributed by atoms with van der Waals surface area (Å²) in [5, 5.41) is 14.1. The number of rotatable bonds is 2. The van der Waals surface area contributed by atoms with Gasteiger partial charge in [-0.25, -0.2) is 4.79 Å². The van der Waals surface area contributed by atoms with Gasteiger partial charge in [-0.3, -0.25) is 4.68 Å². The van der Waals surface area contributed by atoms with E-state index in [0.717, 1.165) is 4.60 Å². The minimum atomic E-state index is -0.936. The molecule has 5 heteroatoms. The lowest BCUT2D eigenvalue weighted by atomic mass is 10.1. The second-order valence-corrected chi connectivity index (χ2v) is 4.59. The Morgan fingerprint density at radius 2 is 2.19 bits per heavy atom. The molecule has 0 fully saturated rings. The van der Waals surface area contributed by atoms with Gasteiger partial charge in [0.15, 0.2) is 0 Å². The molecule has 0 spiro atoms. The number of nitrogens with zero attached hydrogens (tertiary/aromatic N) is 2. The van der Waals surface area contributed by atoms with Crippen LogP contribution in [0.15, 0.2) is 22.8 Å². The maximum absolute atomic E-state index is 11.1. The van der Waals surface area contributed by atoms with Crippen molar-refractivity contribution in [3.8, 4) is 0 Å². The van der Waals surface area contributed by atoms with Gasteiger partial charge in [0.25, 0.3) is 0 Å². The molecular weight excluding hydrogens is 272 g/mol. The van der Waals surface area contributed by atoms with Crippen molar-refractivity contribution in [2.45, 2.75) is 19.9 Å². The highest BCUT2D eigenvalue weighted by atomic mass is 79.9. The molecule has 0 unspecified atom stereocenters. The Kier molecular flexibility index (Phi) is 2.71. The second kappa shape index (κ2) is 3.90. The number of fused-ring (bicyclic) bond motifs is 1. The van der Waals surface area contributed by atoms with E-state index in [2.05, 4.69) is 21.0 Å². The Morgan fingerprint density at radius 3 is 2.75 bits per heavy atom. The smallest absolute Gasteiger partial charge is 0.336 e. The Balaban J connectivity index is 2.82. The Hall–Kier alpha value is -1.36. The van der Waals surface area contributed by atoms with Gasteiger partial charge in [0.05, 0.1) is 11.1 Å². The predicted molar refractivity (Wildman–Crippen MR) is 64.8 cm³/mol. The average Bonchev–Trinajstić information content (AvgIpc) is 2.56. The maximum atomic E-state index is 11.1. The molecule has 1 heterocycles. The number of aromatic carboxylic acids is 1. The van der Waals surface area contributed by atoms with Gasteiger partial charge in [-0.05, 0) is 41.9 Å². The van der Waals surface area contributed by atoms with Gasteiger partial charge in [-0.15, -0.1) is 0 Å². The molecule has 0 bridgehead atoms. The van der Waals surface area contributed by atoms with E-state index < -0.39 is 5.97 Å². The molecule has 16 heavy (non-hydrogen) atoms. The lowest BCUT2D eigenvalue weighted by Crippen LogP contribution is -2.02. The van der Waals surface area contributed by atoms with Crippen LogP contribution in [0.3, 0.4) is 0 Å². The Labute approximate surface area is 101 Å². The van der Waals surface area contributed by atoms with Crippen LogP contribution in [0.25, 0.3) is 10.9 Å². The quantitative estimate of drug-likeness (QED) is 0.921. The summed E-state index contributed by atoms with van der Waals surface area (Å²) < 4.78 is 2.49. The molecule has 1 aromatic carbocycles. The molecule has 0 radical (unpaired) electrons. The van der Waals surface area contributed by atoms with E-state index in [1.807, 2.05) is 19.9 Å². The number of aromatic nitrogens is 2. The van der Waals surface area contributed by atoms with E-state index >= 15 is 0 Å². The molecule has 0 aliphatic rings. The standard InChI is InChI=1S/C11H11BrN2O2/c1-6(2)14-10(12)9-7(11(15)16)4-3-5-8(9)13-14/h3-6H,1-2H3,(H,15,16). The van der Waals surface area contributed by atoms with Crippen molar-refractivity contribution in [2.75, 3.05) is 0 Å². The fraction of sp³-hybridized carbons (Fsp3) is 0.273. The zero-order valence-corrected chi connectivity index (χ0v) is 10.5. The fourth-order valence-electron chi connectivity index (χ4n) is 1.64. The molecule has 0 amide bonds. The van der Waals surface area contributed by atoms with Crippen molar-refractivity contribution in [3.63, 3.8) is 0 Å². The van der Waals surface area contributed by atoms with Crippen molar-refractivity contribution in [1.29, 1.82) is 0 Å². The van der Waals surface area contributed by atoms with Gasteiger partial charge < -0.3 is 5.11 Å². The zero-order chi connectivity index (χ0) is 11.9. The van der Waals surface area contributed by atoms with Crippen molar-refractivity contribution >= 4 is 32.8 Å². The number of hydrogen-bond acceptors (Lipinski definition) is 2. The molecule has 1 N–H and O–H groups in total. The highest BCUT2D eigenvalue weighted by Gasteiger charge is 2.17. The van der Waals surface area contributed by atoms with E-state index in [0.29, 0.717) is 10.9 Å². The lowest BCUT2D eigenvalue weighted by molar-refractivity contribution is 0.0699. The van der Waals surface area contributed by atoms with Crippen molar-refractivity contribution in [2.24, 2.45) is 0 Å². The summed E-state index contributed by atoms with van der Waals surface area (Å²) in [5.41, 5.74) is 0.969. The molecule has 2 aromatic rings. The van der Waals surface area contributed by atoms with E-state index in [-0.39, 0.29) is 11.6 Å².